The fraction of sp³-hybridized carbons (Fsp3) is 0.320. The van der Waals surface area contributed by atoms with E-state index in [1.54, 1.807) is 19.2 Å². The molecule has 16 heteroatoms. The number of nitrogens with zero attached hydrogens (tertiary/aromatic N) is 6. The van der Waals surface area contributed by atoms with E-state index in [4.69, 9.17) is 35.2 Å². The zero-order valence-electron chi connectivity index (χ0n) is 22.6. The second kappa shape index (κ2) is 11.6. The molecule has 0 aliphatic rings. The lowest BCUT2D eigenvalue weighted by Gasteiger charge is -2.06. The number of carbonyl (C=O) groups excluding carboxylic acids is 1. The Morgan fingerprint density at radius 3 is 2.24 bits per heavy atom. The summed E-state index contributed by atoms with van der Waals surface area (Å²) in [6, 6.07) is -0.249. The SMILES string of the molecule is COC(=O)c1nc(-c2nc(-c3csc(-c4nc(-c5csc([C@@H](N)CCCN=C(N)N)n5)oc4C)n3)oc2C)oc1C. The van der Waals surface area contributed by atoms with E-state index in [-0.39, 0.29) is 29.5 Å². The summed E-state index contributed by atoms with van der Waals surface area (Å²) < 4.78 is 22.2. The fourth-order valence-corrected chi connectivity index (χ4v) is 5.53. The molecule has 0 amide bonds. The molecule has 0 saturated carbocycles. The number of aryl methyl sites for hydroxylation is 3. The maximum atomic E-state index is 11.9. The first-order chi connectivity index (χ1) is 19.6. The maximum absolute atomic E-state index is 11.9. The van der Waals surface area contributed by atoms with E-state index < -0.39 is 5.97 Å². The van der Waals surface area contributed by atoms with Crippen molar-refractivity contribution < 1.29 is 22.8 Å². The zero-order valence-corrected chi connectivity index (χ0v) is 24.3. The first kappa shape index (κ1) is 28.1. The minimum atomic E-state index is -0.596. The number of aliphatic imine (C=N–C) groups is 1. The van der Waals surface area contributed by atoms with Crippen molar-refractivity contribution in [2.75, 3.05) is 13.7 Å². The van der Waals surface area contributed by atoms with Gasteiger partial charge in [0, 0.05) is 17.3 Å². The molecule has 1 atom stereocenters. The number of hydrogen-bond acceptors (Lipinski definition) is 14. The summed E-state index contributed by atoms with van der Waals surface area (Å²) in [6.07, 6.45) is 1.42. The lowest BCUT2D eigenvalue weighted by Crippen LogP contribution is -2.23. The highest BCUT2D eigenvalue weighted by molar-refractivity contribution is 7.13. The minimum Gasteiger partial charge on any atom is -0.464 e. The molecule has 5 heterocycles. The van der Waals surface area contributed by atoms with Crippen LogP contribution in [0.1, 0.15) is 51.7 Å². The number of hydrogen-bond donors (Lipinski definition) is 3. The van der Waals surface area contributed by atoms with Gasteiger partial charge in [0.05, 0.1) is 13.2 Å². The molecule has 6 N–H and O–H groups in total. The van der Waals surface area contributed by atoms with Gasteiger partial charge in [0.1, 0.15) is 44.4 Å². The van der Waals surface area contributed by atoms with Gasteiger partial charge in [-0.2, -0.15) is 0 Å². The number of rotatable bonds is 10. The van der Waals surface area contributed by atoms with Gasteiger partial charge in [-0.1, -0.05) is 0 Å². The van der Waals surface area contributed by atoms with Crippen molar-refractivity contribution in [3.05, 3.63) is 38.7 Å². The van der Waals surface area contributed by atoms with Gasteiger partial charge in [0.15, 0.2) is 17.3 Å². The van der Waals surface area contributed by atoms with Gasteiger partial charge in [-0.25, -0.2) is 29.7 Å². The monoisotopic (exact) mass is 597 g/mol. The largest absolute Gasteiger partial charge is 0.464 e. The molecular weight excluding hydrogens is 570 g/mol. The standard InChI is InChI=1S/C25H27N9O5S2/c1-10-16(21-34-18(12(3)39-21)24(35)36-4)32-19(37-10)15-9-41-23(31-15)17-11(2)38-20(33-17)14-8-40-22(30-14)13(26)6-5-7-29-25(27)28/h8-9,13H,5-7,26H2,1-4H3,(H4,27,28,29)/t13-/m0/s1. The van der Waals surface area contributed by atoms with Crippen LogP contribution < -0.4 is 17.2 Å². The minimum absolute atomic E-state index is 0.0645. The summed E-state index contributed by atoms with van der Waals surface area (Å²) in [7, 11) is 1.28. The highest BCUT2D eigenvalue weighted by Crippen LogP contribution is 2.35. The maximum Gasteiger partial charge on any atom is 0.360 e. The van der Waals surface area contributed by atoms with Crippen LogP contribution in [0.5, 0.6) is 0 Å². The number of oxazole rings is 3. The highest BCUT2D eigenvalue weighted by Gasteiger charge is 2.25. The van der Waals surface area contributed by atoms with Crippen molar-refractivity contribution in [1.29, 1.82) is 0 Å². The average molecular weight is 598 g/mol. The van der Waals surface area contributed by atoms with Gasteiger partial charge in [-0.15, -0.1) is 22.7 Å². The molecular formula is C25H27N9O5S2. The topological polar surface area (TPSA) is 221 Å². The molecule has 0 unspecified atom stereocenters. The van der Waals surface area contributed by atoms with Crippen molar-refractivity contribution in [2.45, 2.75) is 39.7 Å². The number of aromatic nitrogens is 5. The number of ether oxygens (including phenoxy) is 1. The van der Waals surface area contributed by atoms with Gasteiger partial charge in [-0.05, 0) is 33.6 Å². The number of esters is 1. The lowest BCUT2D eigenvalue weighted by molar-refractivity contribution is 0.0593. The highest BCUT2D eigenvalue weighted by atomic mass is 32.1. The summed E-state index contributed by atoms with van der Waals surface area (Å²) in [4.78, 5) is 38.6. The summed E-state index contributed by atoms with van der Waals surface area (Å²) in [5, 5.41) is 5.06. The molecule has 0 spiro atoms. The molecule has 0 saturated heterocycles. The second-order valence-corrected chi connectivity index (χ2v) is 10.7. The Hall–Kier alpha value is -4.41. The van der Waals surface area contributed by atoms with E-state index in [2.05, 4.69) is 29.9 Å². The molecule has 5 rings (SSSR count). The molecule has 5 aromatic heterocycles. The third-order valence-electron chi connectivity index (χ3n) is 5.92. The Balaban J connectivity index is 1.33. The van der Waals surface area contributed by atoms with Gasteiger partial charge in [-0.3, -0.25) is 4.99 Å². The second-order valence-electron chi connectivity index (χ2n) is 8.93. The van der Waals surface area contributed by atoms with Gasteiger partial charge in [0.2, 0.25) is 17.7 Å². The van der Waals surface area contributed by atoms with Crippen LogP contribution >= 0.6 is 22.7 Å². The third kappa shape index (κ3) is 5.89. The van der Waals surface area contributed by atoms with E-state index in [1.165, 1.54) is 29.8 Å². The van der Waals surface area contributed by atoms with Crippen molar-refractivity contribution in [1.82, 2.24) is 24.9 Å². The molecule has 0 fully saturated rings. The van der Waals surface area contributed by atoms with Crippen molar-refractivity contribution in [3.8, 4) is 45.5 Å². The Kier molecular flexibility index (Phi) is 7.96. The molecule has 5 aromatic rings. The van der Waals surface area contributed by atoms with Gasteiger partial charge < -0.3 is 35.2 Å². The average Bonchev–Trinajstić information content (AvgIpc) is 3.76. The molecule has 0 aliphatic carbocycles. The van der Waals surface area contributed by atoms with Crippen LogP contribution in [-0.2, 0) is 4.74 Å². The fourth-order valence-electron chi connectivity index (χ4n) is 3.87. The zero-order chi connectivity index (χ0) is 29.3. The predicted octanol–water partition coefficient (Wildman–Crippen LogP) is 4.00. The molecule has 41 heavy (non-hydrogen) atoms. The Bertz CT molecular complexity index is 1720. The molecule has 0 bridgehead atoms. The Labute approximate surface area is 241 Å². The van der Waals surface area contributed by atoms with Crippen molar-refractivity contribution in [2.24, 2.45) is 22.2 Å². The van der Waals surface area contributed by atoms with E-state index in [9.17, 15) is 4.79 Å². The smallest absolute Gasteiger partial charge is 0.360 e. The first-order valence-corrected chi connectivity index (χ1v) is 14.1. The van der Waals surface area contributed by atoms with Crippen molar-refractivity contribution in [3.63, 3.8) is 0 Å². The van der Waals surface area contributed by atoms with Crippen LogP contribution in [0.25, 0.3) is 45.5 Å². The summed E-state index contributed by atoms with van der Waals surface area (Å²) >= 11 is 2.81. The van der Waals surface area contributed by atoms with Crippen LogP contribution in [0.3, 0.4) is 0 Å². The summed E-state index contributed by atoms with van der Waals surface area (Å²) in [5.41, 5.74) is 19.1. The first-order valence-electron chi connectivity index (χ1n) is 12.4. The van der Waals surface area contributed by atoms with Crippen molar-refractivity contribution >= 4 is 34.6 Å². The normalized spacial score (nSPS) is 12.0. The Morgan fingerprint density at radius 2 is 1.54 bits per heavy atom. The number of thiazole rings is 2. The number of methoxy groups -OCH3 is 1. The van der Waals surface area contributed by atoms with Crippen LogP contribution in [0, 0.1) is 20.8 Å². The van der Waals surface area contributed by atoms with Gasteiger partial charge in [0.25, 0.3) is 0 Å². The van der Waals surface area contributed by atoms with E-state index >= 15 is 0 Å². The van der Waals surface area contributed by atoms with Crippen LogP contribution in [0.4, 0.5) is 0 Å². The molecule has 0 aromatic carbocycles. The van der Waals surface area contributed by atoms with E-state index in [0.717, 1.165) is 11.4 Å². The van der Waals surface area contributed by atoms with E-state index in [0.29, 0.717) is 63.9 Å². The Morgan fingerprint density at radius 1 is 0.902 bits per heavy atom. The quantitative estimate of drug-likeness (QED) is 0.0897. The molecule has 0 aliphatic heterocycles. The van der Waals surface area contributed by atoms with Crippen LogP contribution in [0.2, 0.25) is 0 Å². The van der Waals surface area contributed by atoms with Crippen LogP contribution in [0.15, 0.2) is 29.0 Å². The van der Waals surface area contributed by atoms with Gasteiger partial charge >= 0.3 is 5.97 Å². The predicted molar refractivity (Wildman–Crippen MR) is 152 cm³/mol. The number of carbonyl (C=O) groups is 1. The summed E-state index contributed by atoms with van der Waals surface area (Å²) in [6.45, 7) is 5.67. The molecule has 214 valence electrons. The summed E-state index contributed by atoms with van der Waals surface area (Å²) in [5.74, 6) is 1.64. The molecule has 0 radical (unpaired) electrons. The number of guanidine groups is 1. The lowest BCUT2D eigenvalue weighted by atomic mass is 10.2. The molecule has 14 nitrogen and oxygen atoms in total. The van der Waals surface area contributed by atoms with E-state index in [1.807, 2.05) is 12.3 Å². The third-order valence-corrected chi connectivity index (χ3v) is 7.75. The number of nitrogens with two attached hydrogens (primary N) is 3. The van der Waals surface area contributed by atoms with Crippen LogP contribution in [-0.4, -0.2) is 50.5 Å².